The van der Waals surface area contributed by atoms with Gasteiger partial charge in [0.2, 0.25) is 0 Å². The zero-order valence-corrected chi connectivity index (χ0v) is 13.5. The summed E-state index contributed by atoms with van der Waals surface area (Å²) >= 11 is 0. The van der Waals surface area contributed by atoms with Crippen molar-refractivity contribution >= 4 is 0 Å². The van der Waals surface area contributed by atoms with E-state index in [9.17, 15) is 0 Å². The second-order valence-corrected chi connectivity index (χ2v) is 5.59. The van der Waals surface area contributed by atoms with Crippen LogP contribution in [0.1, 0.15) is 56.1 Å². The van der Waals surface area contributed by atoms with Gasteiger partial charge in [0.15, 0.2) is 0 Å². The summed E-state index contributed by atoms with van der Waals surface area (Å²) in [5, 5.41) is 8.28. The second kappa shape index (κ2) is 7.36. The predicted octanol–water partition coefficient (Wildman–Crippen LogP) is 3.45. The summed E-state index contributed by atoms with van der Waals surface area (Å²) in [6.45, 7) is 9.59. The molecule has 0 aliphatic rings. The summed E-state index contributed by atoms with van der Waals surface area (Å²) in [7, 11) is 0. The largest absolute Gasteiger partial charge is 0.310 e. The van der Waals surface area contributed by atoms with Gasteiger partial charge in [0.1, 0.15) is 0 Å². The Morgan fingerprint density at radius 1 is 1.29 bits per heavy atom. The van der Waals surface area contributed by atoms with Crippen LogP contribution in [0.25, 0.3) is 0 Å². The highest BCUT2D eigenvalue weighted by atomic mass is 15.3. The van der Waals surface area contributed by atoms with Gasteiger partial charge in [-0.2, -0.15) is 5.10 Å². The van der Waals surface area contributed by atoms with E-state index in [0.717, 1.165) is 25.1 Å². The number of nitrogens with one attached hydrogen (secondary N) is 1. The molecule has 0 aliphatic carbocycles. The molecule has 4 nitrogen and oxygen atoms in total. The van der Waals surface area contributed by atoms with Gasteiger partial charge in [-0.1, -0.05) is 13.8 Å². The number of pyridine rings is 1. The summed E-state index contributed by atoms with van der Waals surface area (Å²) in [4.78, 5) is 4.19. The Labute approximate surface area is 127 Å². The molecule has 2 heterocycles. The molecule has 0 radical (unpaired) electrons. The molecule has 0 aliphatic heterocycles. The standard InChI is InChI=1S/C17H26N4/c1-5-14(4)21-10-8-15(20-21)11-17(19-6-2)16-7-9-18-12-13(16)3/h7-10,12,14,17,19H,5-6,11H2,1-4H3. The lowest BCUT2D eigenvalue weighted by atomic mass is 9.99. The van der Waals surface area contributed by atoms with E-state index >= 15 is 0 Å². The first-order valence-electron chi connectivity index (χ1n) is 7.83. The van der Waals surface area contributed by atoms with Crippen LogP contribution in [0.2, 0.25) is 0 Å². The van der Waals surface area contributed by atoms with Gasteiger partial charge in [-0.3, -0.25) is 9.67 Å². The first-order valence-corrected chi connectivity index (χ1v) is 7.83. The molecule has 0 saturated heterocycles. The molecule has 21 heavy (non-hydrogen) atoms. The molecule has 0 aromatic carbocycles. The van der Waals surface area contributed by atoms with Gasteiger partial charge in [0, 0.05) is 37.1 Å². The van der Waals surface area contributed by atoms with Gasteiger partial charge in [0.25, 0.3) is 0 Å². The molecule has 0 fully saturated rings. The molecule has 4 heteroatoms. The smallest absolute Gasteiger partial charge is 0.0643 e. The van der Waals surface area contributed by atoms with Gasteiger partial charge in [-0.15, -0.1) is 0 Å². The Morgan fingerprint density at radius 2 is 2.10 bits per heavy atom. The maximum Gasteiger partial charge on any atom is 0.0643 e. The fourth-order valence-corrected chi connectivity index (χ4v) is 2.54. The predicted molar refractivity (Wildman–Crippen MR) is 86.3 cm³/mol. The molecule has 0 bridgehead atoms. The van der Waals surface area contributed by atoms with Gasteiger partial charge in [0.05, 0.1) is 5.69 Å². The minimum absolute atomic E-state index is 0.290. The molecule has 2 rings (SSSR count). The van der Waals surface area contributed by atoms with Crippen molar-refractivity contribution in [3.63, 3.8) is 0 Å². The molecule has 2 unspecified atom stereocenters. The van der Waals surface area contributed by atoms with Gasteiger partial charge < -0.3 is 5.32 Å². The highest BCUT2D eigenvalue weighted by Gasteiger charge is 2.15. The molecule has 2 aromatic rings. The van der Waals surface area contributed by atoms with Gasteiger partial charge >= 0.3 is 0 Å². The van der Waals surface area contributed by atoms with E-state index in [-0.39, 0.29) is 0 Å². The summed E-state index contributed by atoms with van der Waals surface area (Å²) in [5.41, 5.74) is 3.67. The molecule has 0 spiro atoms. The Hall–Kier alpha value is -1.68. The van der Waals surface area contributed by atoms with Crippen LogP contribution in [0.5, 0.6) is 0 Å². The van der Waals surface area contributed by atoms with Crippen LogP contribution in [-0.2, 0) is 6.42 Å². The normalized spacial score (nSPS) is 14.1. The monoisotopic (exact) mass is 286 g/mol. The number of likely N-dealkylation sites (N-methyl/N-ethyl adjacent to an activating group) is 1. The maximum absolute atomic E-state index is 4.72. The summed E-state index contributed by atoms with van der Waals surface area (Å²) in [6.07, 6.45) is 7.89. The average molecular weight is 286 g/mol. The Morgan fingerprint density at radius 3 is 2.76 bits per heavy atom. The van der Waals surface area contributed by atoms with Crippen molar-refractivity contribution in [3.8, 4) is 0 Å². The molecule has 0 amide bonds. The summed E-state index contributed by atoms with van der Waals surface area (Å²) in [5.74, 6) is 0. The first kappa shape index (κ1) is 15.7. The second-order valence-electron chi connectivity index (χ2n) is 5.59. The fourth-order valence-electron chi connectivity index (χ4n) is 2.54. The Kier molecular flexibility index (Phi) is 5.51. The van der Waals surface area contributed by atoms with Crippen molar-refractivity contribution in [2.45, 2.75) is 52.6 Å². The van der Waals surface area contributed by atoms with E-state index in [1.165, 1.54) is 11.1 Å². The zero-order chi connectivity index (χ0) is 15.2. The highest BCUT2D eigenvalue weighted by Crippen LogP contribution is 2.21. The molecule has 2 atom stereocenters. The van der Waals surface area contributed by atoms with Crippen molar-refractivity contribution in [2.75, 3.05) is 6.54 Å². The van der Waals surface area contributed by atoms with E-state index in [2.05, 4.69) is 61.0 Å². The Balaban J connectivity index is 2.17. The molecule has 0 saturated carbocycles. The lowest BCUT2D eigenvalue weighted by molar-refractivity contribution is 0.467. The average Bonchev–Trinajstić information content (AvgIpc) is 2.95. The fraction of sp³-hybridized carbons (Fsp3) is 0.529. The number of aryl methyl sites for hydroxylation is 1. The lowest BCUT2D eigenvalue weighted by Crippen LogP contribution is -2.24. The van der Waals surface area contributed by atoms with E-state index < -0.39 is 0 Å². The van der Waals surface area contributed by atoms with Crippen LogP contribution < -0.4 is 5.32 Å². The third-order valence-electron chi connectivity index (χ3n) is 4.01. The molecule has 114 valence electrons. The van der Waals surface area contributed by atoms with Crippen LogP contribution in [0.4, 0.5) is 0 Å². The molecule has 1 N–H and O–H groups in total. The molecular weight excluding hydrogens is 260 g/mol. The minimum Gasteiger partial charge on any atom is -0.310 e. The van der Waals surface area contributed by atoms with Crippen LogP contribution in [-0.4, -0.2) is 21.3 Å². The van der Waals surface area contributed by atoms with Crippen LogP contribution in [0.3, 0.4) is 0 Å². The van der Waals surface area contributed by atoms with Crippen molar-refractivity contribution in [3.05, 3.63) is 47.5 Å². The third-order valence-corrected chi connectivity index (χ3v) is 4.01. The minimum atomic E-state index is 0.290. The molecule has 2 aromatic heterocycles. The number of nitrogens with zero attached hydrogens (tertiary/aromatic N) is 3. The van der Waals surface area contributed by atoms with E-state index in [1.54, 1.807) is 0 Å². The molecular formula is C17H26N4. The van der Waals surface area contributed by atoms with Gasteiger partial charge in [-0.05, 0) is 50.1 Å². The van der Waals surface area contributed by atoms with E-state index in [1.807, 2.05) is 12.4 Å². The third kappa shape index (κ3) is 3.91. The quantitative estimate of drug-likeness (QED) is 0.847. The topological polar surface area (TPSA) is 42.7 Å². The Bertz CT molecular complexity index is 561. The van der Waals surface area contributed by atoms with Crippen molar-refractivity contribution in [2.24, 2.45) is 0 Å². The zero-order valence-electron chi connectivity index (χ0n) is 13.5. The number of hydrogen-bond acceptors (Lipinski definition) is 3. The van der Waals surface area contributed by atoms with Crippen molar-refractivity contribution in [1.82, 2.24) is 20.1 Å². The summed E-state index contributed by atoms with van der Waals surface area (Å²) in [6, 6.07) is 4.98. The van der Waals surface area contributed by atoms with Crippen LogP contribution in [0, 0.1) is 6.92 Å². The van der Waals surface area contributed by atoms with Gasteiger partial charge in [-0.25, -0.2) is 0 Å². The van der Waals surface area contributed by atoms with Crippen LogP contribution >= 0.6 is 0 Å². The number of aromatic nitrogens is 3. The first-order chi connectivity index (χ1) is 10.2. The number of rotatable bonds is 7. The summed E-state index contributed by atoms with van der Waals surface area (Å²) < 4.78 is 2.07. The van der Waals surface area contributed by atoms with Crippen LogP contribution in [0.15, 0.2) is 30.7 Å². The maximum atomic E-state index is 4.72. The number of hydrogen-bond donors (Lipinski definition) is 1. The van der Waals surface area contributed by atoms with E-state index in [4.69, 9.17) is 5.10 Å². The lowest BCUT2D eigenvalue weighted by Gasteiger charge is -2.19. The SMILES string of the molecule is CCNC(Cc1ccn(C(C)CC)n1)c1ccncc1C. The highest BCUT2D eigenvalue weighted by molar-refractivity contribution is 5.26. The van der Waals surface area contributed by atoms with Crippen molar-refractivity contribution < 1.29 is 0 Å². The van der Waals surface area contributed by atoms with Crippen molar-refractivity contribution in [1.29, 1.82) is 0 Å². The van der Waals surface area contributed by atoms with E-state index in [0.29, 0.717) is 12.1 Å².